The van der Waals surface area contributed by atoms with Gasteiger partial charge in [0.2, 0.25) is 0 Å². The molecular formula is C54H37N3O. The maximum atomic E-state index is 6.75. The Morgan fingerprint density at radius 3 is 1.76 bits per heavy atom. The molecule has 2 heterocycles. The third-order valence-corrected chi connectivity index (χ3v) is 11.3. The molecule has 10 aromatic rings. The lowest BCUT2D eigenvalue weighted by Gasteiger charge is -2.30. The maximum absolute atomic E-state index is 6.75. The second kappa shape index (κ2) is 14.1. The first-order valence-electron chi connectivity index (χ1n) is 19.7. The van der Waals surface area contributed by atoms with Gasteiger partial charge in [0.15, 0.2) is 0 Å². The molecule has 0 fully saturated rings. The standard InChI is InChI=1S/C54H37N3O/c1-4-15-36(16-5-1)38-27-29-44(30-28-38)57(43-22-8-3-9-23-43)45-24-14-21-41(31-45)54-55-49-26-13-12-25-46(49)53(56-54)48-33-42(37-17-6-2-7-18-37)35-51-52(48)47-32-39-19-10-11-20-40(39)34-50(47)58-51/h1-35,53H,(H,55,56). The molecule has 1 aliphatic rings. The van der Waals surface area contributed by atoms with Gasteiger partial charge in [-0.15, -0.1) is 0 Å². The molecule has 0 bridgehead atoms. The van der Waals surface area contributed by atoms with Gasteiger partial charge in [-0.25, -0.2) is 4.99 Å². The van der Waals surface area contributed by atoms with E-state index in [2.05, 4.69) is 223 Å². The maximum Gasteiger partial charge on any atom is 0.136 e. The summed E-state index contributed by atoms with van der Waals surface area (Å²) < 4.78 is 6.75. The van der Waals surface area contributed by atoms with Crippen LogP contribution < -0.4 is 10.2 Å². The van der Waals surface area contributed by atoms with Crippen LogP contribution in [0.15, 0.2) is 222 Å². The van der Waals surface area contributed by atoms with E-state index in [9.17, 15) is 0 Å². The number of nitrogens with zero attached hydrogens (tertiary/aromatic N) is 2. The third-order valence-electron chi connectivity index (χ3n) is 11.3. The molecular weight excluding hydrogens is 707 g/mol. The van der Waals surface area contributed by atoms with E-state index in [4.69, 9.17) is 9.41 Å². The SMILES string of the molecule is c1ccc(-c2ccc(N(c3ccccc3)c3cccc(C4=Nc5ccccc5C(c5cc(-c6ccccc6)cc6oc7cc8ccccc8cc7c56)N4)c3)cc2)cc1. The lowest BCUT2D eigenvalue weighted by atomic mass is 9.89. The highest BCUT2D eigenvalue weighted by atomic mass is 16.3. The smallest absolute Gasteiger partial charge is 0.136 e. The highest BCUT2D eigenvalue weighted by Gasteiger charge is 2.28. The number of rotatable bonds is 7. The Bertz CT molecular complexity index is 3130. The topological polar surface area (TPSA) is 40.8 Å². The zero-order valence-electron chi connectivity index (χ0n) is 31.6. The van der Waals surface area contributed by atoms with Crippen LogP contribution in [-0.2, 0) is 0 Å². The van der Waals surface area contributed by atoms with Crippen LogP contribution in [0, 0.1) is 0 Å². The number of fused-ring (bicyclic) bond motifs is 5. The first-order valence-corrected chi connectivity index (χ1v) is 19.7. The van der Waals surface area contributed by atoms with E-state index < -0.39 is 0 Å². The molecule has 1 aliphatic heterocycles. The molecule has 0 radical (unpaired) electrons. The number of anilines is 3. The van der Waals surface area contributed by atoms with Crippen molar-refractivity contribution in [2.45, 2.75) is 6.04 Å². The molecule has 1 atom stereocenters. The first kappa shape index (κ1) is 33.6. The second-order valence-corrected chi connectivity index (χ2v) is 14.8. The van der Waals surface area contributed by atoms with Crippen molar-refractivity contribution in [1.29, 1.82) is 0 Å². The number of aliphatic imine (C=N–C) groups is 1. The second-order valence-electron chi connectivity index (χ2n) is 14.8. The summed E-state index contributed by atoms with van der Waals surface area (Å²) in [6.07, 6.45) is 0. The fourth-order valence-electron chi connectivity index (χ4n) is 8.49. The highest BCUT2D eigenvalue weighted by molar-refractivity contribution is 6.13. The predicted octanol–water partition coefficient (Wildman–Crippen LogP) is 14.3. The number of hydrogen-bond donors (Lipinski definition) is 1. The minimum Gasteiger partial charge on any atom is -0.456 e. The molecule has 4 nitrogen and oxygen atoms in total. The summed E-state index contributed by atoms with van der Waals surface area (Å²) in [5.74, 6) is 0.814. The molecule has 4 heteroatoms. The van der Waals surface area contributed by atoms with Crippen LogP contribution in [0.25, 0.3) is 55.0 Å². The van der Waals surface area contributed by atoms with E-state index in [-0.39, 0.29) is 6.04 Å². The van der Waals surface area contributed by atoms with E-state index in [1.807, 2.05) is 0 Å². The lowest BCUT2D eigenvalue weighted by molar-refractivity contribution is 0.668. The normalized spacial score (nSPS) is 13.6. The van der Waals surface area contributed by atoms with E-state index >= 15 is 0 Å². The van der Waals surface area contributed by atoms with Gasteiger partial charge in [0.1, 0.15) is 17.0 Å². The molecule has 58 heavy (non-hydrogen) atoms. The van der Waals surface area contributed by atoms with Crippen LogP contribution in [-0.4, -0.2) is 5.84 Å². The number of amidine groups is 1. The van der Waals surface area contributed by atoms with Crippen molar-refractivity contribution in [3.8, 4) is 22.3 Å². The molecule has 1 N–H and O–H groups in total. The van der Waals surface area contributed by atoms with Crippen LogP contribution in [0.3, 0.4) is 0 Å². The van der Waals surface area contributed by atoms with Gasteiger partial charge >= 0.3 is 0 Å². The Hall–Kier alpha value is -7.69. The van der Waals surface area contributed by atoms with Crippen LogP contribution in [0.2, 0.25) is 0 Å². The average molecular weight is 744 g/mol. The Balaban J connectivity index is 1.05. The number of benzene rings is 9. The van der Waals surface area contributed by atoms with Gasteiger partial charge in [0.05, 0.1) is 11.7 Å². The molecule has 0 saturated carbocycles. The number of nitrogens with one attached hydrogen (secondary N) is 1. The quantitative estimate of drug-likeness (QED) is 0.177. The molecule has 0 saturated heterocycles. The minimum absolute atomic E-state index is 0.207. The molecule has 0 amide bonds. The summed E-state index contributed by atoms with van der Waals surface area (Å²) in [4.78, 5) is 7.61. The van der Waals surface area contributed by atoms with E-state index in [1.54, 1.807) is 0 Å². The van der Waals surface area contributed by atoms with Gasteiger partial charge in [-0.05, 0) is 105 Å². The largest absolute Gasteiger partial charge is 0.456 e. The van der Waals surface area contributed by atoms with Crippen LogP contribution in [0.5, 0.6) is 0 Å². The predicted molar refractivity (Wildman–Crippen MR) is 241 cm³/mol. The Morgan fingerprint density at radius 2 is 1.00 bits per heavy atom. The first-order chi connectivity index (χ1) is 28.7. The molecule has 11 rings (SSSR count). The fourth-order valence-corrected chi connectivity index (χ4v) is 8.49. The van der Waals surface area contributed by atoms with E-state index in [0.29, 0.717) is 0 Å². The summed E-state index contributed by atoms with van der Waals surface area (Å²) in [7, 11) is 0. The summed E-state index contributed by atoms with van der Waals surface area (Å²) in [6.45, 7) is 0. The van der Waals surface area contributed by atoms with Crippen molar-refractivity contribution < 1.29 is 4.42 Å². The zero-order chi connectivity index (χ0) is 38.4. The van der Waals surface area contributed by atoms with Crippen molar-refractivity contribution in [2.75, 3.05) is 4.90 Å². The number of hydrogen-bond acceptors (Lipinski definition) is 4. The van der Waals surface area contributed by atoms with Crippen molar-refractivity contribution in [3.05, 3.63) is 229 Å². The molecule has 1 aromatic heterocycles. The van der Waals surface area contributed by atoms with Crippen molar-refractivity contribution in [1.82, 2.24) is 5.32 Å². The molecule has 9 aromatic carbocycles. The monoisotopic (exact) mass is 743 g/mol. The summed E-state index contributed by atoms with van der Waals surface area (Å²) in [5, 5.41) is 8.52. The Morgan fingerprint density at radius 1 is 0.414 bits per heavy atom. The van der Waals surface area contributed by atoms with Crippen LogP contribution in [0.4, 0.5) is 22.7 Å². The van der Waals surface area contributed by atoms with E-state index in [1.165, 1.54) is 16.5 Å². The van der Waals surface area contributed by atoms with Gasteiger partial charge in [-0.1, -0.05) is 146 Å². The summed E-state index contributed by atoms with van der Waals surface area (Å²) >= 11 is 0. The van der Waals surface area contributed by atoms with Gasteiger partial charge in [0, 0.05) is 39.0 Å². The molecule has 0 spiro atoms. The molecule has 0 aliphatic carbocycles. The highest BCUT2D eigenvalue weighted by Crippen LogP contribution is 2.44. The summed E-state index contributed by atoms with van der Waals surface area (Å²) in [5.41, 5.74) is 13.8. The summed E-state index contributed by atoms with van der Waals surface area (Å²) in [6, 6.07) is 74.9. The fraction of sp³-hybridized carbons (Fsp3) is 0.0185. The van der Waals surface area contributed by atoms with Gasteiger partial charge in [0.25, 0.3) is 0 Å². The third kappa shape index (κ3) is 5.99. The molecule has 1 unspecified atom stereocenters. The van der Waals surface area contributed by atoms with Gasteiger partial charge < -0.3 is 14.6 Å². The van der Waals surface area contributed by atoms with E-state index in [0.717, 1.165) is 83.7 Å². The average Bonchev–Trinajstić information content (AvgIpc) is 3.66. The Kier molecular flexibility index (Phi) is 8.18. The van der Waals surface area contributed by atoms with Crippen molar-refractivity contribution in [3.63, 3.8) is 0 Å². The number of para-hydroxylation sites is 2. The van der Waals surface area contributed by atoms with Gasteiger partial charge in [-0.2, -0.15) is 0 Å². The Labute approximate surface area is 337 Å². The minimum atomic E-state index is -0.207. The number of furan rings is 1. The zero-order valence-corrected chi connectivity index (χ0v) is 31.6. The van der Waals surface area contributed by atoms with Crippen LogP contribution >= 0.6 is 0 Å². The van der Waals surface area contributed by atoms with Crippen molar-refractivity contribution in [2.24, 2.45) is 4.99 Å². The lowest BCUT2D eigenvalue weighted by Crippen LogP contribution is -2.33. The van der Waals surface area contributed by atoms with Gasteiger partial charge in [-0.3, -0.25) is 0 Å². The molecule has 274 valence electrons. The van der Waals surface area contributed by atoms with Crippen LogP contribution in [0.1, 0.15) is 22.7 Å². The van der Waals surface area contributed by atoms with Crippen molar-refractivity contribution >= 4 is 61.3 Å².